The summed E-state index contributed by atoms with van der Waals surface area (Å²) in [5.41, 5.74) is 3.98. The molecule has 0 amide bonds. The van der Waals surface area contributed by atoms with Gasteiger partial charge < -0.3 is 0 Å². The van der Waals surface area contributed by atoms with Crippen LogP contribution in [0.15, 0.2) is 72.8 Å². The Morgan fingerprint density at radius 3 is 0.846 bits per heavy atom. The molecular formula is C24H30GeSn. The second-order valence-corrected chi connectivity index (χ2v) is 21.2. The topological polar surface area (TPSA) is 0 Å². The molecule has 0 aliphatic heterocycles. The molecule has 0 unspecified atom stereocenters. The molecule has 0 aliphatic rings. The van der Waals surface area contributed by atoms with E-state index >= 15 is 0 Å². The van der Waals surface area contributed by atoms with E-state index in [1.807, 2.05) is 0 Å². The van der Waals surface area contributed by atoms with E-state index in [9.17, 15) is 0 Å². The van der Waals surface area contributed by atoms with Crippen LogP contribution in [-0.2, 0) is 0 Å². The van der Waals surface area contributed by atoms with E-state index < -0.39 is 34.1 Å². The zero-order valence-electron chi connectivity index (χ0n) is 16.9. The summed E-state index contributed by atoms with van der Waals surface area (Å²) >= 11 is -2.25. The molecule has 0 spiro atoms. The zero-order valence-corrected chi connectivity index (χ0v) is 21.9. The monoisotopic (exact) mass is 512 g/mol. The van der Waals surface area contributed by atoms with Crippen molar-refractivity contribution in [3.63, 3.8) is 0 Å². The van der Waals surface area contributed by atoms with Crippen LogP contribution in [0.1, 0.15) is 16.7 Å². The van der Waals surface area contributed by atoms with Gasteiger partial charge in [-0.2, -0.15) is 0 Å². The average molecular weight is 510 g/mol. The van der Waals surface area contributed by atoms with E-state index in [-0.39, 0.29) is 0 Å². The van der Waals surface area contributed by atoms with Crippen LogP contribution >= 0.6 is 0 Å². The molecule has 2 radical (unpaired) electrons. The van der Waals surface area contributed by atoms with Gasteiger partial charge in [-0.25, -0.2) is 0 Å². The average Bonchev–Trinajstić information content (AvgIpc) is 2.60. The van der Waals surface area contributed by atoms with Crippen LogP contribution in [0.2, 0.25) is 14.8 Å². The van der Waals surface area contributed by atoms with Gasteiger partial charge in [0.25, 0.3) is 0 Å². The Labute approximate surface area is 171 Å². The first-order valence-electron chi connectivity index (χ1n) is 9.21. The van der Waals surface area contributed by atoms with Gasteiger partial charge in [0.2, 0.25) is 0 Å². The maximum atomic E-state index is 2.36. The van der Waals surface area contributed by atoms with Gasteiger partial charge in [-0.15, -0.1) is 0 Å². The Balaban J connectivity index is 0.000000552. The summed E-state index contributed by atoms with van der Waals surface area (Å²) < 4.78 is 4.54. The summed E-state index contributed by atoms with van der Waals surface area (Å²) in [7, 11) is 0. The van der Waals surface area contributed by atoms with E-state index in [1.165, 1.54) is 29.9 Å². The number of hydrogen-bond donors (Lipinski definition) is 0. The number of benzene rings is 3. The molecule has 0 atom stereocenters. The fourth-order valence-electron chi connectivity index (χ4n) is 2.66. The minimum atomic E-state index is -1.70. The molecule has 26 heavy (non-hydrogen) atoms. The summed E-state index contributed by atoms with van der Waals surface area (Å²) in [5, 5.41) is 0. The molecule has 0 heterocycles. The molecule has 0 fully saturated rings. The van der Waals surface area contributed by atoms with Gasteiger partial charge in [-0.05, 0) is 0 Å². The van der Waals surface area contributed by atoms with Crippen molar-refractivity contribution in [3.05, 3.63) is 89.5 Å². The van der Waals surface area contributed by atoms with Gasteiger partial charge in [0.05, 0.1) is 0 Å². The SMILES string of the molecule is Cc1cc[c]([Ge]([c]2ccc(C)cc2)[c]2ccc(C)cc2)cc1.[CH3][Sn]([CH3])[CH3]. The molecule has 3 aromatic carbocycles. The van der Waals surface area contributed by atoms with Crippen molar-refractivity contribution in [2.75, 3.05) is 0 Å². The van der Waals surface area contributed by atoms with E-state index in [4.69, 9.17) is 0 Å². The normalized spacial score (nSPS) is 10.6. The summed E-state index contributed by atoms with van der Waals surface area (Å²) in [6.45, 7) is 6.46. The summed E-state index contributed by atoms with van der Waals surface area (Å²) in [4.78, 5) is 7.09. The molecule has 134 valence electrons. The van der Waals surface area contributed by atoms with Gasteiger partial charge >= 0.3 is 172 Å². The van der Waals surface area contributed by atoms with Crippen molar-refractivity contribution in [1.82, 2.24) is 0 Å². The van der Waals surface area contributed by atoms with Crippen LogP contribution in [-0.4, -0.2) is 34.1 Å². The van der Waals surface area contributed by atoms with Crippen LogP contribution in [0, 0.1) is 20.8 Å². The Bertz CT molecular complexity index is 676. The fraction of sp³-hybridized carbons (Fsp3) is 0.250. The Morgan fingerprint density at radius 1 is 0.462 bits per heavy atom. The quantitative estimate of drug-likeness (QED) is 0.456. The first-order chi connectivity index (χ1) is 12.4. The zero-order chi connectivity index (χ0) is 19.1. The summed E-state index contributed by atoms with van der Waals surface area (Å²) in [5.74, 6) is 0. The maximum absolute atomic E-state index is 2.36. The van der Waals surface area contributed by atoms with Gasteiger partial charge in [-0.1, -0.05) is 0 Å². The van der Waals surface area contributed by atoms with Crippen LogP contribution < -0.4 is 13.2 Å². The van der Waals surface area contributed by atoms with Gasteiger partial charge in [-0.3, -0.25) is 0 Å². The molecule has 3 rings (SSSR count). The Morgan fingerprint density at radius 2 is 0.654 bits per heavy atom. The fourth-order valence-corrected chi connectivity index (χ4v) is 7.91. The van der Waals surface area contributed by atoms with Crippen molar-refractivity contribution in [2.45, 2.75) is 35.6 Å². The van der Waals surface area contributed by atoms with E-state index in [0.29, 0.717) is 0 Å². The van der Waals surface area contributed by atoms with E-state index in [2.05, 4.69) is 108 Å². The number of hydrogen-bond acceptors (Lipinski definition) is 0. The van der Waals surface area contributed by atoms with Crippen LogP contribution in [0.5, 0.6) is 0 Å². The van der Waals surface area contributed by atoms with Crippen LogP contribution in [0.3, 0.4) is 0 Å². The third kappa shape index (κ3) is 6.62. The van der Waals surface area contributed by atoms with Gasteiger partial charge in [0.15, 0.2) is 0 Å². The standard InChI is InChI=1S/C21H21Ge.3CH3.Sn/c1-16-4-10-19(11-5-16)22(20-12-6-17(2)7-13-20)21-14-8-18(3)9-15-21;;;;/h4-15H,1-3H3;3*1H3;. The molecule has 2 heteroatoms. The van der Waals surface area contributed by atoms with Gasteiger partial charge in [0, 0.05) is 0 Å². The molecule has 0 bridgehead atoms. The van der Waals surface area contributed by atoms with E-state index in [1.54, 1.807) is 0 Å². The van der Waals surface area contributed by atoms with Crippen molar-refractivity contribution in [1.29, 1.82) is 0 Å². The second kappa shape index (κ2) is 10.4. The van der Waals surface area contributed by atoms with Crippen molar-refractivity contribution in [2.24, 2.45) is 0 Å². The third-order valence-corrected chi connectivity index (χ3v) is 9.75. The van der Waals surface area contributed by atoms with Crippen LogP contribution in [0.4, 0.5) is 0 Å². The molecule has 0 saturated heterocycles. The first-order valence-corrected chi connectivity index (χ1v) is 20.9. The Kier molecular flexibility index (Phi) is 8.49. The second-order valence-electron chi connectivity index (χ2n) is 7.47. The first kappa shape index (κ1) is 21.3. The van der Waals surface area contributed by atoms with Crippen LogP contribution in [0.25, 0.3) is 0 Å². The summed E-state index contributed by atoms with van der Waals surface area (Å²) in [6.07, 6.45) is 0. The molecule has 0 saturated carbocycles. The minimum absolute atomic E-state index is 0.543. The predicted molar refractivity (Wildman–Crippen MR) is 122 cm³/mol. The van der Waals surface area contributed by atoms with Crippen molar-refractivity contribution in [3.8, 4) is 0 Å². The molecule has 3 aromatic rings. The van der Waals surface area contributed by atoms with Crippen molar-refractivity contribution < 1.29 is 0 Å². The number of aryl methyl sites for hydroxylation is 3. The van der Waals surface area contributed by atoms with E-state index in [0.717, 1.165) is 0 Å². The molecule has 0 nitrogen and oxygen atoms in total. The predicted octanol–water partition coefficient (Wildman–Crippen LogP) is 4.50. The molecule has 0 aliphatic carbocycles. The third-order valence-electron chi connectivity index (χ3n) is 4.02. The molecular weight excluding hydrogens is 480 g/mol. The number of rotatable bonds is 3. The summed E-state index contributed by atoms with van der Waals surface area (Å²) in [6, 6.07) is 27.4. The van der Waals surface area contributed by atoms with Crippen molar-refractivity contribution >= 4 is 47.3 Å². The Hall–Kier alpha value is -0.998. The van der Waals surface area contributed by atoms with Gasteiger partial charge in [0.1, 0.15) is 0 Å². The molecule has 0 N–H and O–H groups in total. The molecule has 0 aromatic heterocycles.